The number of nitro groups is 1. The molecule has 0 aliphatic rings. The topological polar surface area (TPSA) is 145 Å². The molecule has 1 aromatic carbocycles. The van der Waals surface area contributed by atoms with Gasteiger partial charge in [0.25, 0.3) is 5.69 Å². The Kier molecular flexibility index (Phi) is 4.17. The molecule has 0 fully saturated rings. The molecule has 3 N–H and O–H groups in total. The summed E-state index contributed by atoms with van der Waals surface area (Å²) in [6.07, 6.45) is 1.93. The van der Waals surface area contributed by atoms with Crippen molar-refractivity contribution in [2.45, 2.75) is 4.90 Å². The molecule has 0 bridgehead atoms. The summed E-state index contributed by atoms with van der Waals surface area (Å²) in [4.78, 5) is 20.3. The summed E-state index contributed by atoms with van der Waals surface area (Å²) in [5, 5.41) is 14.2. The Morgan fingerprint density at radius 1 is 1.53 bits per heavy atom. The Hall–Kier alpha value is -2.49. The highest BCUT2D eigenvalue weighted by atomic mass is 32.2. The second-order valence-corrected chi connectivity index (χ2v) is 5.50. The van der Waals surface area contributed by atoms with Crippen molar-refractivity contribution < 1.29 is 18.1 Å². The molecule has 19 heavy (non-hydrogen) atoms. The molecule has 0 heterocycles. The molecule has 1 aromatic rings. The Bertz CT molecular complexity index is 653. The number of nitrogens with two attached hydrogens (primary N) is 1. The minimum absolute atomic E-state index is 0.0335. The number of nitrogens with zero attached hydrogens (tertiary/aromatic N) is 2. The number of hydrogen-bond acceptors (Lipinski definition) is 6. The van der Waals surface area contributed by atoms with Crippen LogP contribution < -0.4 is 11.2 Å². The predicted octanol–water partition coefficient (Wildman–Crippen LogP) is 0.000500. The number of primary amides is 1. The van der Waals surface area contributed by atoms with Crippen LogP contribution in [0.1, 0.15) is 5.56 Å². The van der Waals surface area contributed by atoms with Crippen LogP contribution in [-0.2, 0) is 9.84 Å². The molecule has 0 saturated carbocycles. The second kappa shape index (κ2) is 5.44. The lowest BCUT2D eigenvalue weighted by atomic mass is 10.2. The van der Waals surface area contributed by atoms with Crippen LogP contribution in [0.2, 0.25) is 0 Å². The summed E-state index contributed by atoms with van der Waals surface area (Å²) in [5.41, 5.74) is 6.22. The standard InChI is InChI=1S/C9H10N4O5S/c1-19(17,18)7-3-2-6(5-11-12-9(10)14)8(4-7)13(15)16/h2-5H,1H3,(H3,10,12,14). The molecular formula is C9H10N4O5S. The Labute approximate surface area is 108 Å². The third-order valence-corrected chi connectivity index (χ3v) is 3.12. The van der Waals surface area contributed by atoms with Gasteiger partial charge in [-0.25, -0.2) is 18.6 Å². The fourth-order valence-corrected chi connectivity index (χ4v) is 1.83. The average Bonchev–Trinajstić information content (AvgIpc) is 2.27. The number of nitro benzene ring substituents is 1. The number of rotatable bonds is 4. The summed E-state index contributed by atoms with van der Waals surface area (Å²) in [7, 11) is -3.55. The van der Waals surface area contributed by atoms with Crippen LogP contribution in [0.25, 0.3) is 0 Å². The van der Waals surface area contributed by atoms with Gasteiger partial charge in [0.1, 0.15) is 0 Å². The Morgan fingerprint density at radius 3 is 2.63 bits per heavy atom. The lowest BCUT2D eigenvalue weighted by Gasteiger charge is -2.01. The van der Waals surface area contributed by atoms with Gasteiger partial charge >= 0.3 is 6.03 Å². The van der Waals surface area contributed by atoms with E-state index < -0.39 is 26.5 Å². The monoisotopic (exact) mass is 286 g/mol. The maximum Gasteiger partial charge on any atom is 0.332 e. The van der Waals surface area contributed by atoms with Gasteiger partial charge in [0.2, 0.25) is 0 Å². The van der Waals surface area contributed by atoms with Gasteiger partial charge in [-0.1, -0.05) is 0 Å². The highest BCUT2D eigenvalue weighted by Gasteiger charge is 2.17. The van der Waals surface area contributed by atoms with Crippen molar-refractivity contribution in [3.8, 4) is 0 Å². The van der Waals surface area contributed by atoms with Gasteiger partial charge in [0.05, 0.1) is 21.6 Å². The van der Waals surface area contributed by atoms with Crippen LogP contribution >= 0.6 is 0 Å². The van der Waals surface area contributed by atoms with Crippen LogP contribution in [0.15, 0.2) is 28.2 Å². The van der Waals surface area contributed by atoms with E-state index in [9.17, 15) is 23.3 Å². The van der Waals surface area contributed by atoms with E-state index in [-0.39, 0.29) is 10.5 Å². The summed E-state index contributed by atoms with van der Waals surface area (Å²) in [6.45, 7) is 0. The van der Waals surface area contributed by atoms with Crippen molar-refractivity contribution in [2.75, 3.05) is 6.26 Å². The lowest BCUT2D eigenvalue weighted by Crippen LogP contribution is -2.24. The maximum atomic E-state index is 11.3. The normalized spacial score (nSPS) is 11.4. The van der Waals surface area contributed by atoms with Crippen molar-refractivity contribution in [3.05, 3.63) is 33.9 Å². The number of benzene rings is 1. The molecule has 10 heteroatoms. The number of hydrogen-bond donors (Lipinski definition) is 2. The fraction of sp³-hybridized carbons (Fsp3) is 0.111. The molecule has 2 amide bonds. The van der Waals surface area contributed by atoms with E-state index in [1.165, 1.54) is 12.1 Å². The van der Waals surface area contributed by atoms with Crippen LogP contribution in [0, 0.1) is 10.1 Å². The number of hydrazone groups is 1. The van der Waals surface area contributed by atoms with Gasteiger partial charge in [-0.05, 0) is 12.1 Å². The van der Waals surface area contributed by atoms with E-state index in [4.69, 9.17) is 5.73 Å². The van der Waals surface area contributed by atoms with E-state index in [0.717, 1.165) is 18.5 Å². The molecule has 0 unspecified atom stereocenters. The zero-order valence-electron chi connectivity index (χ0n) is 9.73. The molecule has 0 aliphatic carbocycles. The molecule has 9 nitrogen and oxygen atoms in total. The van der Waals surface area contributed by atoms with Gasteiger partial charge in [-0.2, -0.15) is 5.10 Å². The van der Waals surface area contributed by atoms with Crippen LogP contribution in [-0.4, -0.2) is 31.8 Å². The number of carbonyl (C=O) groups is 1. The van der Waals surface area contributed by atoms with Gasteiger partial charge in [0, 0.05) is 12.3 Å². The minimum atomic E-state index is -3.55. The first-order chi connectivity index (χ1) is 8.71. The minimum Gasteiger partial charge on any atom is -0.350 e. The number of amides is 2. The smallest absolute Gasteiger partial charge is 0.332 e. The highest BCUT2D eigenvalue weighted by Crippen LogP contribution is 2.21. The van der Waals surface area contributed by atoms with E-state index in [2.05, 4.69) is 5.10 Å². The van der Waals surface area contributed by atoms with Gasteiger partial charge in [0.15, 0.2) is 9.84 Å². The van der Waals surface area contributed by atoms with Crippen molar-refractivity contribution in [3.63, 3.8) is 0 Å². The molecular weight excluding hydrogens is 276 g/mol. The first-order valence-electron chi connectivity index (χ1n) is 4.79. The van der Waals surface area contributed by atoms with Crippen LogP contribution in [0.5, 0.6) is 0 Å². The number of nitrogens with one attached hydrogen (secondary N) is 1. The van der Waals surface area contributed by atoms with Gasteiger partial charge < -0.3 is 5.73 Å². The summed E-state index contributed by atoms with van der Waals surface area (Å²) in [5.74, 6) is 0. The maximum absolute atomic E-state index is 11.3. The fourth-order valence-electron chi connectivity index (χ4n) is 1.19. The Morgan fingerprint density at radius 2 is 2.16 bits per heavy atom. The summed E-state index contributed by atoms with van der Waals surface area (Å²) >= 11 is 0. The average molecular weight is 286 g/mol. The second-order valence-electron chi connectivity index (χ2n) is 3.48. The number of urea groups is 1. The largest absolute Gasteiger partial charge is 0.350 e. The van der Waals surface area contributed by atoms with Crippen LogP contribution in [0.3, 0.4) is 0 Å². The van der Waals surface area contributed by atoms with Crippen molar-refractivity contribution >= 4 is 27.8 Å². The zero-order chi connectivity index (χ0) is 14.6. The molecule has 0 atom stereocenters. The third kappa shape index (κ3) is 4.03. The summed E-state index contributed by atoms with van der Waals surface area (Å²) < 4.78 is 22.6. The molecule has 102 valence electrons. The molecule has 0 saturated heterocycles. The van der Waals surface area contributed by atoms with Gasteiger partial charge in [-0.3, -0.25) is 10.1 Å². The third-order valence-electron chi connectivity index (χ3n) is 2.01. The molecule has 0 aromatic heterocycles. The molecule has 0 radical (unpaired) electrons. The number of sulfone groups is 1. The van der Waals surface area contributed by atoms with E-state index >= 15 is 0 Å². The van der Waals surface area contributed by atoms with E-state index in [1.54, 1.807) is 0 Å². The lowest BCUT2D eigenvalue weighted by molar-refractivity contribution is -0.385. The SMILES string of the molecule is CS(=O)(=O)c1ccc(C=NNC(N)=O)c([N+](=O)[O-])c1. The summed E-state index contributed by atoms with van der Waals surface area (Å²) in [6, 6.07) is 2.40. The zero-order valence-corrected chi connectivity index (χ0v) is 10.5. The molecule has 1 rings (SSSR count). The van der Waals surface area contributed by atoms with Crippen molar-refractivity contribution in [1.29, 1.82) is 0 Å². The van der Waals surface area contributed by atoms with Crippen molar-refractivity contribution in [1.82, 2.24) is 5.43 Å². The first-order valence-corrected chi connectivity index (χ1v) is 6.68. The number of carbonyl (C=O) groups excluding carboxylic acids is 1. The predicted molar refractivity (Wildman–Crippen MR) is 66.5 cm³/mol. The molecule has 0 aliphatic heterocycles. The van der Waals surface area contributed by atoms with Crippen LogP contribution in [0.4, 0.5) is 10.5 Å². The first kappa shape index (κ1) is 14.6. The van der Waals surface area contributed by atoms with Gasteiger partial charge in [-0.15, -0.1) is 0 Å². The highest BCUT2D eigenvalue weighted by molar-refractivity contribution is 7.90. The van der Waals surface area contributed by atoms with Crippen molar-refractivity contribution in [2.24, 2.45) is 10.8 Å². The quantitative estimate of drug-likeness (QED) is 0.454. The molecule has 0 spiro atoms. The Balaban J connectivity index is 3.23. The van der Waals surface area contributed by atoms with E-state index in [0.29, 0.717) is 0 Å². The van der Waals surface area contributed by atoms with E-state index in [1.807, 2.05) is 5.43 Å².